The zero-order valence-corrected chi connectivity index (χ0v) is 40.6. The van der Waals surface area contributed by atoms with Gasteiger partial charge in [-0.05, 0) is 73.8 Å². The fraction of sp³-hybridized carbons (Fsp3) is 0.0143. The summed E-state index contributed by atoms with van der Waals surface area (Å²) in [5.41, 5.74) is 21.3. The summed E-state index contributed by atoms with van der Waals surface area (Å²) in [4.78, 5) is 16.6. The van der Waals surface area contributed by atoms with Gasteiger partial charge in [-0.2, -0.15) is 9.97 Å². The lowest BCUT2D eigenvalue weighted by Crippen LogP contribution is -2.25. The van der Waals surface area contributed by atoms with Crippen LogP contribution in [0.2, 0.25) is 0 Å². The SMILES string of the molecule is c1ccc(-c2nc(-c3ccc4c(c3)C3(c5ccccc5-c5ccccc53)c3ccccc3-4)nc(-n3c4ccccc4c4ccc5c6ccccc6n(-c6c(-c7ccccc7)cccc6-c6ccccc6)c5c43)n2)cc1. The largest absolute Gasteiger partial charge is 0.306 e. The molecule has 0 bridgehead atoms. The summed E-state index contributed by atoms with van der Waals surface area (Å²) in [6, 6.07) is 94.5. The van der Waals surface area contributed by atoms with E-state index in [0.717, 1.165) is 82.7 Å². The highest BCUT2D eigenvalue weighted by Gasteiger charge is 2.51. The fourth-order valence-electron chi connectivity index (χ4n) is 13.0. The molecule has 3 heterocycles. The van der Waals surface area contributed by atoms with Crippen LogP contribution in [0.4, 0.5) is 0 Å². The molecule has 0 unspecified atom stereocenters. The quantitative estimate of drug-likeness (QED) is 0.167. The van der Waals surface area contributed by atoms with E-state index in [1.54, 1.807) is 0 Å². The molecule has 75 heavy (non-hydrogen) atoms. The molecule has 2 aliphatic carbocycles. The Hall–Kier alpha value is -9.97. The topological polar surface area (TPSA) is 48.5 Å². The number of para-hydroxylation sites is 3. The molecule has 5 nitrogen and oxygen atoms in total. The molecular weight excluding hydrogens is 911 g/mol. The van der Waals surface area contributed by atoms with Crippen LogP contribution >= 0.6 is 0 Å². The predicted octanol–water partition coefficient (Wildman–Crippen LogP) is 17.1. The van der Waals surface area contributed by atoms with E-state index in [2.05, 4.69) is 264 Å². The Bertz CT molecular complexity index is 4520. The number of nitrogens with zero attached hydrogens (tertiary/aromatic N) is 5. The highest BCUT2D eigenvalue weighted by atomic mass is 15.2. The second-order valence-electron chi connectivity index (χ2n) is 19.8. The average Bonchev–Trinajstić information content (AvgIpc) is 4.23. The highest BCUT2D eigenvalue weighted by molar-refractivity contribution is 6.24. The molecular formula is C70H43N5. The van der Waals surface area contributed by atoms with E-state index in [-0.39, 0.29) is 0 Å². The second-order valence-corrected chi connectivity index (χ2v) is 19.8. The molecule has 1 spiro atoms. The van der Waals surface area contributed by atoms with Crippen molar-refractivity contribution >= 4 is 43.6 Å². The molecule has 0 amide bonds. The number of rotatable bonds is 6. The molecule has 0 aliphatic heterocycles. The highest BCUT2D eigenvalue weighted by Crippen LogP contribution is 2.63. The van der Waals surface area contributed by atoms with Gasteiger partial charge in [-0.15, -0.1) is 0 Å². The molecule has 0 N–H and O–H groups in total. The maximum atomic E-state index is 5.68. The minimum absolute atomic E-state index is 0.520. The molecule has 3 aromatic heterocycles. The normalized spacial score (nSPS) is 12.9. The Morgan fingerprint density at radius 1 is 0.267 bits per heavy atom. The van der Waals surface area contributed by atoms with Gasteiger partial charge >= 0.3 is 0 Å². The van der Waals surface area contributed by atoms with E-state index in [0.29, 0.717) is 17.6 Å². The second kappa shape index (κ2) is 16.0. The number of fused-ring (bicyclic) bond motifs is 17. The van der Waals surface area contributed by atoms with E-state index >= 15 is 0 Å². The van der Waals surface area contributed by atoms with E-state index < -0.39 is 5.41 Å². The Kier molecular flexibility index (Phi) is 8.89. The molecule has 16 rings (SSSR count). The Morgan fingerprint density at radius 2 is 0.680 bits per heavy atom. The van der Waals surface area contributed by atoms with E-state index in [1.807, 2.05) is 6.07 Å². The van der Waals surface area contributed by atoms with Crippen LogP contribution < -0.4 is 0 Å². The van der Waals surface area contributed by atoms with Crippen LogP contribution in [0.15, 0.2) is 261 Å². The minimum atomic E-state index is -0.520. The van der Waals surface area contributed by atoms with Crippen molar-refractivity contribution in [3.8, 4) is 78.9 Å². The van der Waals surface area contributed by atoms with Crippen LogP contribution in [-0.4, -0.2) is 24.1 Å². The molecule has 0 fully saturated rings. The third-order valence-corrected chi connectivity index (χ3v) is 16.0. The Labute approximate surface area is 433 Å². The van der Waals surface area contributed by atoms with Crippen LogP contribution in [0.25, 0.3) is 123 Å². The molecule has 0 radical (unpaired) electrons. The van der Waals surface area contributed by atoms with Crippen molar-refractivity contribution < 1.29 is 0 Å². The van der Waals surface area contributed by atoms with Gasteiger partial charge in [-0.25, -0.2) is 4.98 Å². The minimum Gasteiger partial charge on any atom is -0.306 e. The molecule has 0 saturated carbocycles. The van der Waals surface area contributed by atoms with Gasteiger partial charge in [0.05, 0.1) is 33.2 Å². The van der Waals surface area contributed by atoms with E-state index in [9.17, 15) is 0 Å². The van der Waals surface area contributed by atoms with Crippen molar-refractivity contribution in [1.82, 2.24) is 24.1 Å². The third kappa shape index (κ3) is 5.86. The van der Waals surface area contributed by atoms with Gasteiger partial charge in [-0.1, -0.05) is 243 Å². The zero-order chi connectivity index (χ0) is 49.2. The fourth-order valence-corrected chi connectivity index (χ4v) is 13.0. The van der Waals surface area contributed by atoms with Crippen LogP contribution in [0.5, 0.6) is 0 Å². The van der Waals surface area contributed by atoms with Gasteiger partial charge in [0.1, 0.15) is 0 Å². The summed E-state index contributed by atoms with van der Waals surface area (Å²) >= 11 is 0. The number of aromatic nitrogens is 5. The summed E-state index contributed by atoms with van der Waals surface area (Å²) in [7, 11) is 0. The maximum absolute atomic E-state index is 5.68. The number of hydrogen-bond donors (Lipinski definition) is 0. The molecule has 348 valence electrons. The Morgan fingerprint density at radius 3 is 1.23 bits per heavy atom. The Balaban J connectivity index is 1.02. The standard InChI is InChI=1S/C70H43N5/c1-4-21-44(22-5-1)48-32-20-33-49(45-23-6-2-7-24-45)64(48)74-62-37-18-13-30-54(62)56-41-42-57-55-31-14-19-38-63(55)75(66(57)65(56)74)69-72-67(46-25-8-3-9-26-46)71-68(73-69)47-39-40-53-52-29-12-17-36-60(52)70(61(53)43-47)58-34-15-10-27-50(58)51-28-11-16-35-59(51)70/h1-43H. The lowest BCUT2D eigenvalue weighted by atomic mass is 9.70. The monoisotopic (exact) mass is 953 g/mol. The lowest BCUT2D eigenvalue weighted by molar-refractivity contribution is 0.793. The summed E-state index contributed by atoms with van der Waals surface area (Å²) in [6.07, 6.45) is 0. The number of hydrogen-bond acceptors (Lipinski definition) is 3. The first kappa shape index (κ1) is 41.6. The van der Waals surface area contributed by atoms with Gasteiger partial charge in [0.2, 0.25) is 5.95 Å². The maximum Gasteiger partial charge on any atom is 0.238 e. The van der Waals surface area contributed by atoms with E-state index in [4.69, 9.17) is 15.0 Å². The average molecular weight is 954 g/mol. The van der Waals surface area contributed by atoms with Gasteiger partial charge in [0, 0.05) is 43.8 Å². The molecule has 14 aromatic rings. The molecule has 0 saturated heterocycles. The summed E-state index contributed by atoms with van der Waals surface area (Å²) in [6.45, 7) is 0. The van der Waals surface area contributed by atoms with Gasteiger partial charge in [-0.3, -0.25) is 4.57 Å². The van der Waals surface area contributed by atoms with Gasteiger partial charge in [0.25, 0.3) is 0 Å². The molecule has 11 aromatic carbocycles. The van der Waals surface area contributed by atoms with Crippen molar-refractivity contribution in [1.29, 1.82) is 0 Å². The van der Waals surface area contributed by atoms with Gasteiger partial charge in [0.15, 0.2) is 11.6 Å². The van der Waals surface area contributed by atoms with Crippen molar-refractivity contribution in [2.45, 2.75) is 5.41 Å². The first-order valence-corrected chi connectivity index (χ1v) is 25.7. The first-order chi connectivity index (χ1) is 37.2. The summed E-state index contributed by atoms with van der Waals surface area (Å²) < 4.78 is 4.82. The smallest absolute Gasteiger partial charge is 0.238 e. The lowest BCUT2D eigenvalue weighted by Gasteiger charge is -2.30. The molecule has 5 heteroatoms. The summed E-state index contributed by atoms with van der Waals surface area (Å²) in [5.74, 6) is 1.75. The first-order valence-electron chi connectivity index (χ1n) is 25.7. The predicted molar refractivity (Wildman–Crippen MR) is 307 cm³/mol. The van der Waals surface area contributed by atoms with Crippen LogP contribution in [0.3, 0.4) is 0 Å². The van der Waals surface area contributed by atoms with Crippen LogP contribution in [0.1, 0.15) is 22.3 Å². The van der Waals surface area contributed by atoms with Crippen LogP contribution in [-0.2, 0) is 5.41 Å². The van der Waals surface area contributed by atoms with Gasteiger partial charge < -0.3 is 4.57 Å². The van der Waals surface area contributed by atoms with Crippen molar-refractivity contribution in [2.75, 3.05) is 0 Å². The summed E-state index contributed by atoms with van der Waals surface area (Å²) in [5, 5.41) is 4.53. The third-order valence-electron chi connectivity index (χ3n) is 16.0. The van der Waals surface area contributed by atoms with Crippen LogP contribution in [0, 0.1) is 0 Å². The van der Waals surface area contributed by atoms with Crippen molar-refractivity contribution in [3.05, 3.63) is 283 Å². The molecule has 0 atom stereocenters. The number of benzene rings is 11. The zero-order valence-electron chi connectivity index (χ0n) is 40.6. The molecule has 2 aliphatic rings. The van der Waals surface area contributed by atoms with Crippen molar-refractivity contribution in [2.24, 2.45) is 0 Å². The van der Waals surface area contributed by atoms with E-state index in [1.165, 1.54) is 44.5 Å². The van der Waals surface area contributed by atoms with Crippen molar-refractivity contribution in [3.63, 3.8) is 0 Å².